The lowest BCUT2D eigenvalue weighted by Crippen LogP contribution is -2.56. The maximum absolute atomic E-state index is 14.2. The van der Waals surface area contributed by atoms with Crippen LogP contribution in [0.3, 0.4) is 0 Å². The summed E-state index contributed by atoms with van der Waals surface area (Å²) in [6.45, 7) is 10.1. The zero-order valence-corrected chi connectivity index (χ0v) is 23.4. The van der Waals surface area contributed by atoms with Gasteiger partial charge < -0.3 is 14.3 Å². The second-order valence-corrected chi connectivity index (χ2v) is 18.2. The molecule has 1 aliphatic rings. The third kappa shape index (κ3) is 4.60. The maximum atomic E-state index is 14.2. The molecule has 3 rings (SSSR count). The average Bonchev–Trinajstić information content (AvgIpc) is 3.18. The molecule has 0 amide bonds. The molecule has 7 nitrogen and oxygen atoms in total. The number of fused-ring (bicyclic) bond motifs is 1. The third-order valence-electron chi connectivity index (χ3n) is 7.18. The number of methoxy groups -OCH3 is 2. The van der Waals surface area contributed by atoms with Gasteiger partial charge in [0, 0.05) is 11.4 Å². The maximum Gasteiger partial charge on any atom is 0.325 e. The van der Waals surface area contributed by atoms with Crippen LogP contribution in [-0.4, -0.2) is 59.0 Å². The van der Waals surface area contributed by atoms with Crippen LogP contribution in [0.15, 0.2) is 40.6 Å². The Kier molecular flexibility index (Phi) is 7.48. The van der Waals surface area contributed by atoms with E-state index in [1.54, 1.807) is 12.1 Å². The minimum absolute atomic E-state index is 0.0333. The molecular formula is C24H33NO6S2Si. The number of hydrogen-bond donors (Lipinski definition) is 0. The quantitative estimate of drug-likeness (QED) is 0.415. The molecule has 2 heterocycles. The number of ether oxygens (including phenoxy) is 2. The second kappa shape index (κ2) is 9.56. The molecule has 2 aromatic rings. The molecule has 0 fully saturated rings. The van der Waals surface area contributed by atoms with E-state index in [4.69, 9.17) is 9.47 Å². The van der Waals surface area contributed by atoms with Gasteiger partial charge >= 0.3 is 5.97 Å². The van der Waals surface area contributed by atoms with Crippen molar-refractivity contribution in [3.8, 4) is 5.75 Å². The Morgan fingerprint density at radius 1 is 1.09 bits per heavy atom. The molecule has 0 saturated heterocycles. The van der Waals surface area contributed by atoms with Crippen LogP contribution in [0.1, 0.15) is 37.1 Å². The Balaban J connectivity index is 2.22. The Morgan fingerprint density at radius 2 is 1.71 bits per heavy atom. The van der Waals surface area contributed by atoms with Crippen molar-refractivity contribution in [1.82, 2.24) is 4.31 Å². The summed E-state index contributed by atoms with van der Waals surface area (Å²) in [5.74, 6) is -1.13. The Bertz CT molecular complexity index is 1160. The van der Waals surface area contributed by atoms with Crippen LogP contribution < -0.4 is 4.74 Å². The summed E-state index contributed by atoms with van der Waals surface area (Å²) in [7, 11) is -4.00. The highest BCUT2D eigenvalue weighted by molar-refractivity contribution is 7.89. The summed E-state index contributed by atoms with van der Waals surface area (Å²) >= 11 is 1.49. The predicted molar refractivity (Wildman–Crippen MR) is 136 cm³/mol. The smallest absolute Gasteiger partial charge is 0.325 e. The monoisotopic (exact) mass is 523 g/mol. The van der Waals surface area contributed by atoms with Crippen molar-refractivity contribution in [2.75, 3.05) is 20.8 Å². The lowest BCUT2D eigenvalue weighted by Gasteiger charge is -2.40. The lowest BCUT2D eigenvalue weighted by molar-refractivity contribution is -0.147. The van der Waals surface area contributed by atoms with Gasteiger partial charge in [0.05, 0.1) is 25.0 Å². The number of nitrogens with zero attached hydrogens (tertiary/aromatic N) is 1. The molecule has 0 unspecified atom stereocenters. The van der Waals surface area contributed by atoms with E-state index in [-0.39, 0.29) is 21.9 Å². The van der Waals surface area contributed by atoms with E-state index < -0.39 is 36.0 Å². The second-order valence-electron chi connectivity index (χ2n) is 10.0. The zero-order valence-electron chi connectivity index (χ0n) is 20.7. The van der Waals surface area contributed by atoms with Crippen LogP contribution in [0.2, 0.25) is 18.1 Å². The van der Waals surface area contributed by atoms with E-state index in [1.165, 1.54) is 42.0 Å². The number of esters is 1. The van der Waals surface area contributed by atoms with Gasteiger partial charge in [0.25, 0.3) is 0 Å². The van der Waals surface area contributed by atoms with Crippen molar-refractivity contribution < 1.29 is 27.5 Å². The summed E-state index contributed by atoms with van der Waals surface area (Å²) in [6, 6.07) is 6.60. The van der Waals surface area contributed by atoms with E-state index >= 15 is 0 Å². The molecule has 2 atom stereocenters. The van der Waals surface area contributed by atoms with Crippen LogP contribution >= 0.6 is 11.3 Å². The fraction of sp³-hybridized carbons (Fsp3) is 0.500. The average molecular weight is 524 g/mol. The normalized spacial score (nSPS) is 19.7. The largest absolute Gasteiger partial charge is 0.497 e. The first kappa shape index (κ1) is 26.6. The standard InChI is InChI=1S/C24H33NO6S2Si/c1-24(2,3)34(6,7)23(27)20-18-13-15-32-19(18)12-14-25(21(20)22(26)31-5)33(28,29)17-10-8-16(30-4)9-11-17/h8-11,13,15,20-21H,12,14H2,1-7H3/t20-,21-/m0/s1. The third-order valence-corrected chi connectivity index (χ3v) is 15.4. The molecule has 0 bridgehead atoms. The first-order valence-corrected chi connectivity index (χ1v) is 16.4. The van der Waals surface area contributed by atoms with E-state index in [1.807, 2.05) is 45.3 Å². The predicted octanol–water partition coefficient (Wildman–Crippen LogP) is 4.25. The summed E-state index contributed by atoms with van der Waals surface area (Å²) in [5, 5.41) is 1.57. The molecular weight excluding hydrogens is 490 g/mol. The van der Waals surface area contributed by atoms with Crippen LogP contribution in [0.4, 0.5) is 0 Å². The van der Waals surface area contributed by atoms with Crippen LogP contribution in [0.5, 0.6) is 5.75 Å². The molecule has 1 aliphatic heterocycles. The molecule has 0 spiro atoms. The Labute approximate surface area is 207 Å². The van der Waals surface area contributed by atoms with Crippen LogP contribution in [-0.2, 0) is 30.8 Å². The van der Waals surface area contributed by atoms with Gasteiger partial charge in [0.15, 0.2) is 0 Å². The summed E-state index contributed by atoms with van der Waals surface area (Å²) < 4.78 is 39.1. The SMILES string of the molecule is COC(=O)[C@@H]1[C@@H](C(=O)[Si](C)(C)C(C)(C)C)c2ccsc2CCN1S(=O)(=O)c1ccc(OC)cc1. The van der Waals surface area contributed by atoms with Crippen molar-refractivity contribution >= 4 is 40.8 Å². The van der Waals surface area contributed by atoms with E-state index in [0.717, 1.165) is 10.4 Å². The molecule has 0 aliphatic carbocycles. The zero-order chi connectivity index (χ0) is 25.5. The highest BCUT2D eigenvalue weighted by atomic mass is 32.2. The van der Waals surface area contributed by atoms with E-state index in [2.05, 4.69) is 0 Å². The first-order valence-electron chi connectivity index (χ1n) is 11.1. The van der Waals surface area contributed by atoms with Crippen molar-refractivity contribution in [1.29, 1.82) is 0 Å². The number of hydrogen-bond acceptors (Lipinski definition) is 7. The summed E-state index contributed by atoms with van der Waals surface area (Å²) in [5.41, 5.74) is 0.739. The first-order chi connectivity index (χ1) is 15.8. The fourth-order valence-electron chi connectivity index (χ4n) is 4.09. The Morgan fingerprint density at radius 3 is 2.24 bits per heavy atom. The molecule has 1 aromatic heterocycles. The minimum atomic E-state index is -4.11. The highest BCUT2D eigenvalue weighted by Crippen LogP contribution is 2.44. The topological polar surface area (TPSA) is 90.0 Å². The number of rotatable bonds is 6. The number of thiophene rings is 1. The highest BCUT2D eigenvalue weighted by Gasteiger charge is 2.53. The van der Waals surface area contributed by atoms with E-state index in [0.29, 0.717) is 12.2 Å². The van der Waals surface area contributed by atoms with Gasteiger partial charge in [-0.25, -0.2) is 8.42 Å². The Hall–Kier alpha value is -2.01. The summed E-state index contributed by atoms with van der Waals surface area (Å²) in [6.07, 6.45) is 0.414. The van der Waals surface area contributed by atoms with Crippen molar-refractivity contribution in [3.05, 3.63) is 46.2 Å². The van der Waals surface area contributed by atoms with Crippen LogP contribution in [0.25, 0.3) is 0 Å². The van der Waals surface area contributed by atoms with Gasteiger partial charge in [0.2, 0.25) is 10.0 Å². The van der Waals surface area contributed by atoms with Gasteiger partial charge in [-0.05, 0) is 52.7 Å². The van der Waals surface area contributed by atoms with Gasteiger partial charge in [-0.1, -0.05) is 33.9 Å². The number of sulfonamides is 1. The number of carbonyl (C=O) groups is 2. The summed E-state index contributed by atoms with van der Waals surface area (Å²) in [4.78, 5) is 28.4. The lowest BCUT2D eigenvalue weighted by atomic mass is 9.93. The van der Waals surface area contributed by atoms with Gasteiger partial charge in [0.1, 0.15) is 25.3 Å². The molecule has 186 valence electrons. The molecule has 10 heteroatoms. The molecule has 0 saturated carbocycles. The van der Waals surface area contributed by atoms with Crippen molar-refractivity contribution in [2.45, 2.75) is 62.2 Å². The molecule has 1 aromatic carbocycles. The minimum Gasteiger partial charge on any atom is -0.497 e. The van der Waals surface area contributed by atoms with Gasteiger partial charge in [-0.15, -0.1) is 11.3 Å². The van der Waals surface area contributed by atoms with Crippen molar-refractivity contribution in [3.63, 3.8) is 0 Å². The van der Waals surface area contributed by atoms with Gasteiger partial charge in [-0.2, -0.15) is 4.31 Å². The molecule has 0 radical (unpaired) electrons. The number of benzene rings is 1. The van der Waals surface area contributed by atoms with Crippen LogP contribution in [0, 0.1) is 0 Å². The molecule has 0 N–H and O–H groups in total. The number of carbonyl (C=O) groups excluding carboxylic acids is 2. The van der Waals surface area contributed by atoms with E-state index in [9.17, 15) is 18.0 Å². The fourth-order valence-corrected chi connectivity index (χ4v) is 8.43. The van der Waals surface area contributed by atoms with Crippen molar-refractivity contribution in [2.24, 2.45) is 0 Å². The van der Waals surface area contributed by atoms with Gasteiger partial charge in [-0.3, -0.25) is 4.79 Å². The molecule has 34 heavy (non-hydrogen) atoms.